The summed E-state index contributed by atoms with van der Waals surface area (Å²) in [7, 11) is 0. The second kappa shape index (κ2) is 9.71. The molecule has 5 nitrogen and oxygen atoms in total. The molecule has 2 aromatic heterocycles. The van der Waals surface area contributed by atoms with E-state index in [4.69, 9.17) is 0 Å². The number of rotatable bonds is 9. The molecule has 0 saturated carbocycles. The van der Waals surface area contributed by atoms with Crippen LogP contribution in [0.3, 0.4) is 0 Å². The largest absolute Gasteiger partial charge is 0.349 e. The topological polar surface area (TPSA) is 59.8 Å². The van der Waals surface area contributed by atoms with Crippen LogP contribution in [0.25, 0.3) is 11.4 Å². The highest BCUT2D eigenvalue weighted by Gasteiger charge is 2.17. The number of hydrogen-bond donors (Lipinski definition) is 1. The van der Waals surface area contributed by atoms with Crippen molar-refractivity contribution in [3.8, 4) is 11.4 Å². The first-order valence-electron chi connectivity index (χ1n) is 9.21. The Bertz CT molecular complexity index is 933. The lowest BCUT2D eigenvalue weighted by atomic mass is 10.1. The molecular weight excluding hydrogens is 388 g/mol. The van der Waals surface area contributed by atoms with Crippen LogP contribution in [-0.2, 0) is 17.8 Å². The van der Waals surface area contributed by atoms with E-state index in [2.05, 4.69) is 40.5 Å². The first-order chi connectivity index (χ1) is 13.6. The molecule has 1 amide bonds. The van der Waals surface area contributed by atoms with Crippen LogP contribution in [0.1, 0.15) is 30.3 Å². The number of aromatic nitrogens is 3. The Morgan fingerprint density at radius 2 is 2.14 bits per heavy atom. The molecule has 1 aromatic carbocycles. The van der Waals surface area contributed by atoms with Gasteiger partial charge in [0.25, 0.3) is 0 Å². The van der Waals surface area contributed by atoms with Crippen molar-refractivity contribution in [2.75, 3.05) is 5.75 Å². The van der Waals surface area contributed by atoms with Gasteiger partial charge >= 0.3 is 0 Å². The molecular formula is C21H24N4OS2. The number of amides is 1. The third kappa shape index (κ3) is 4.91. The molecule has 1 N–H and O–H groups in total. The Morgan fingerprint density at radius 1 is 1.36 bits per heavy atom. The first kappa shape index (κ1) is 20.4. The average Bonchev–Trinajstić information content (AvgIpc) is 3.34. The first-order valence-corrected chi connectivity index (χ1v) is 11.1. The van der Waals surface area contributed by atoms with Gasteiger partial charge in [0.1, 0.15) is 0 Å². The third-order valence-corrected chi connectivity index (χ3v) is 6.35. The maximum atomic E-state index is 12.4. The van der Waals surface area contributed by atoms with Gasteiger partial charge in [0.15, 0.2) is 11.0 Å². The van der Waals surface area contributed by atoms with Crippen molar-refractivity contribution in [1.29, 1.82) is 0 Å². The molecule has 3 aromatic rings. The van der Waals surface area contributed by atoms with Crippen molar-refractivity contribution in [1.82, 2.24) is 20.1 Å². The number of nitrogens with one attached hydrogen (secondary N) is 1. The number of thiophene rings is 1. The van der Waals surface area contributed by atoms with Gasteiger partial charge in [-0.2, -0.15) is 0 Å². The van der Waals surface area contributed by atoms with Crippen molar-refractivity contribution >= 4 is 29.0 Å². The zero-order chi connectivity index (χ0) is 19.9. The predicted octanol–water partition coefficient (Wildman–Crippen LogP) is 4.72. The maximum Gasteiger partial charge on any atom is 0.230 e. The van der Waals surface area contributed by atoms with E-state index in [0.29, 0.717) is 6.54 Å². The predicted molar refractivity (Wildman–Crippen MR) is 117 cm³/mol. The number of allylic oxidation sites excluding steroid dienone is 1. The lowest BCUT2D eigenvalue weighted by Crippen LogP contribution is -2.28. The molecule has 1 unspecified atom stereocenters. The van der Waals surface area contributed by atoms with Crippen LogP contribution in [-0.4, -0.2) is 26.4 Å². The standard InChI is InChI=1S/C21H24N4OS2/c1-4-11-25-20(17-12-18(5-2)27-13-17)23-24-21(25)28-14-19(26)22-15(3)16-9-7-6-8-10-16/h4,6-10,12-13,15H,1,5,11,14H2,2-3H3,(H,22,26). The number of nitrogens with zero attached hydrogens (tertiary/aromatic N) is 3. The highest BCUT2D eigenvalue weighted by molar-refractivity contribution is 7.99. The molecule has 0 aliphatic heterocycles. The van der Waals surface area contributed by atoms with Gasteiger partial charge in [-0.1, -0.05) is 55.1 Å². The van der Waals surface area contributed by atoms with Crippen LogP contribution in [0.15, 0.2) is 59.6 Å². The van der Waals surface area contributed by atoms with E-state index >= 15 is 0 Å². The summed E-state index contributed by atoms with van der Waals surface area (Å²) in [6, 6.07) is 12.0. The molecule has 2 heterocycles. The van der Waals surface area contributed by atoms with E-state index in [9.17, 15) is 4.79 Å². The summed E-state index contributed by atoms with van der Waals surface area (Å²) in [4.78, 5) is 13.7. The zero-order valence-electron chi connectivity index (χ0n) is 16.1. The van der Waals surface area contributed by atoms with Crippen molar-refractivity contribution in [3.63, 3.8) is 0 Å². The quantitative estimate of drug-likeness (QED) is 0.408. The fourth-order valence-corrected chi connectivity index (χ4v) is 4.40. The van der Waals surface area contributed by atoms with Crippen LogP contribution in [0, 0.1) is 0 Å². The third-order valence-electron chi connectivity index (χ3n) is 4.30. The highest BCUT2D eigenvalue weighted by Crippen LogP contribution is 2.28. The highest BCUT2D eigenvalue weighted by atomic mass is 32.2. The van der Waals surface area contributed by atoms with E-state index in [-0.39, 0.29) is 17.7 Å². The summed E-state index contributed by atoms with van der Waals surface area (Å²) in [6.07, 6.45) is 2.82. The lowest BCUT2D eigenvalue weighted by Gasteiger charge is -2.14. The SMILES string of the molecule is C=CCn1c(SCC(=O)NC(C)c2ccccc2)nnc1-c1csc(CC)c1. The number of carbonyl (C=O) groups is 1. The molecule has 0 saturated heterocycles. The van der Waals surface area contributed by atoms with Gasteiger partial charge in [-0.05, 0) is 25.0 Å². The lowest BCUT2D eigenvalue weighted by molar-refractivity contribution is -0.119. The molecule has 3 rings (SSSR count). The van der Waals surface area contributed by atoms with Gasteiger partial charge in [-0.25, -0.2) is 0 Å². The minimum Gasteiger partial charge on any atom is -0.349 e. The van der Waals surface area contributed by atoms with Gasteiger partial charge in [0.2, 0.25) is 5.91 Å². The summed E-state index contributed by atoms with van der Waals surface area (Å²) >= 11 is 3.12. The van der Waals surface area contributed by atoms with Crippen LogP contribution < -0.4 is 5.32 Å². The van der Waals surface area contributed by atoms with Crippen molar-refractivity contribution in [3.05, 3.63) is 64.9 Å². The Balaban J connectivity index is 1.66. The zero-order valence-corrected chi connectivity index (χ0v) is 17.7. The van der Waals surface area contributed by atoms with E-state index in [0.717, 1.165) is 28.5 Å². The average molecular weight is 413 g/mol. The van der Waals surface area contributed by atoms with Crippen LogP contribution in [0.5, 0.6) is 0 Å². The van der Waals surface area contributed by atoms with E-state index in [1.54, 1.807) is 11.3 Å². The van der Waals surface area contributed by atoms with Gasteiger partial charge in [0, 0.05) is 22.4 Å². The molecule has 7 heteroatoms. The Labute approximate surface area is 173 Å². The smallest absolute Gasteiger partial charge is 0.230 e. The minimum absolute atomic E-state index is 0.0279. The Hall–Kier alpha value is -2.38. The Kier molecular flexibility index (Phi) is 7.06. The Morgan fingerprint density at radius 3 is 2.82 bits per heavy atom. The second-order valence-corrected chi connectivity index (χ2v) is 8.29. The summed E-state index contributed by atoms with van der Waals surface area (Å²) in [5.74, 6) is 1.08. The molecule has 146 valence electrons. The fourth-order valence-electron chi connectivity index (χ4n) is 2.82. The van der Waals surface area contributed by atoms with Crippen molar-refractivity contribution in [2.24, 2.45) is 0 Å². The molecule has 1 atom stereocenters. The summed E-state index contributed by atoms with van der Waals surface area (Å²) in [5, 5.41) is 14.5. The number of aryl methyl sites for hydroxylation is 1. The summed E-state index contributed by atoms with van der Waals surface area (Å²) in [6.45, 7) is 8.56. The normalized spacial score (nSPS) is 11.9. The minimum atomic E-state index is -0.0332. The van der Waals surface area contributed by atoms with Crippen LogP contribution >= 0.6 is 23.1 Å². The number of benzene rings is 1. The molecule has 0 aliphatic rings. The molecule has 0 fully saturated rings. The van der Waals surface area contributed by atoms with Crippen LogP contribution in [0.2, 0.25) is 0 Å². The van der Waals surface area contributed by atoms with E-state index in [1.165, 1.54) is 16.6 Å². The molecule has 28 heavy (non-hydrogen) atoms. The number of hydrogen-bond acceptors (Lipinski definition) is 5. The van der Waals surface area contributed by atoms with E-state index in [1.807, 2.05) is 47.9 Å². The van der Waals surface area contributed by atoms with Gasteiger partial charge in [-0.15, -0.1) is 28.1 Å². The van der Waals surface area contributed by atoms with Gasteiger partial charge in [-0.3, -0.25) is 9.36 Å². The van der Waals surface area contributed by atoms with Crippen LogP contribution in [0.4, 0.5) is 0 Å². The van der Waals surface area contributed by atoms with Crippen molar-refractivity contribution in [2.45, 2.75) is 38.0 Å². The van der Waals surface area contributed by atoms with Crippen molar-refractivity contribution < 1.29 is 4.79 Å². The molecule has 0 radical (unpaired) electrons. The molecule has 0 bridgehead atoms. The van der Waals surface area contributed by atoms with Gasteiger partial charge < -0.3 is 5.32 Å². The maximum absolute atomic E-state index is 12.4. The van der Waals surface area contributed by atoms with E-state index < -0.39 is 0 Å². The number of thioether (sulfide) groups is 1. The number of carbonyl (C=O) groups excluding carboxylic acids is 1. The summed E-state index contributed by atoms with van der Waals surface area (Å²) < 4.78 is 2.01. The molecule has 0 aliphatic carbocycles. The molecule has 0 spiro atoms. The second-order valence-electron chi connectivity index (χ2n) is 6.35. The summed E-state index contributed by atoms with van der Waals surface area (Å²) in [5.41, 5.74) is 2.15. The monoisotopic (exact) mass is 412 g/mol. The fraction of sp³-hybridized carbons (Fsp3) is 0.286. The van der Waals surface area contributed by atoms with Gasteiger partial charge in [0.05, 0.1) is 11.8 Å².